The van der Waals surface area contributed by atoms with Gasteiger partial charge in [0.05, 0.1) is 22.3 Å². The molecule has 0 saturated heterocycles. The molecule has 0 saturated carbocycles. The van der Waals surface area contributed by atoms with Gasteiger partial charge < -0.3 is 15.4 Å². The maximum Gasteiger partial charge on any atom is 0.163 e. The number of rotatable bonds is 7. The summed E-state index contributed by atoms with van der Waals surface area (Å²) in [7, 11) is 1.66. The molecule has 3 rings (SSSR count). The van der Waals surface area contributed by atoms with E-state index in [1.165, 1.54) is 0 Å². The Labute approximate surface area is 162 Å². The molecule has 0 radical (unpaired) electrons. The average molecular weight is 389 g/mol. The highest BCUT2D eigenvalue weighted by atomic mass is 35.5. The molecule has 0 atom stereocenters. The van der Waals surface area contributed by atoms with Gasteiger partial charge >= 0.3 is 0 Å². The third kappa shape index (κ3) is 4.64. The number of hydrogen-bond donors (Lipinski definition) is 2. The van der Waals surface area contributed by atoms with Crippen molar-refractivity contribution in [2.75, 3.05) is 30.9 Å². The highest BCUT2D eigenvalue weighted by Crippen LogP contribution is 2.32. The van der Waals surface area contributed by atoms with E-state index in [2.05, 4.69) is 20.6 Å². The van der Waals surface area contributed by atoms with Crippen LogP contribution in [0.25, 0.3) is 11.4 Å². The summed E-state index contributed by atoms with van der Waals surface area (Å²) in [5, 5.41) is 7.37. The molecule has 0 spiro atoms. The lowest BCUT2D eigenvalue weighted by Gasteiger charge is -2.13. The summed E-state index contributed by atoms with van der Waals surface area (Å²) in [6.45, 7) is 1.21. The quantitative estimate of drug-likeness (QED) is 0.541. The first kappa shape index (κ1) is 18.5. The van der Waals surface area contributed by atoms with Crippen molar-refractivity contribution in [1.82, 2.24) is 9.97 Å². The summed E-state index contributed by atoms with van der Waals surface area (Å²) < 4.78 is 5.08. The molecule has 134 valence electrons. The molecule has 0 amide bonds. The van der Waals surface area contributed by atoms with Crippen molar-refractivity contribution < 1.29 is 4.74 Å². The molecule has 7 heteroatoms. The van der Waals surface area contributed by atoms with Gasteiger partial charge in [0, 0.05) is 25.3 Å². The summed E-state index contributed by atoms with van der Waals surface area (Å²) >= 11 is 12.4. The van der Waals surface area contributed by atoms with Crippen molar-refractivity contribution in [3.8, 4) is 11.4 Å². The smallest absolute Gasteiger partial charge is 0.163 e. The predicted octanol–water partition coefficient (Wildman–Crippen LogP) is 5.25. The van der Waals surface area contributed by atoms with Crippen LogP contribution in [0.2, 0.25) is 10.0 Å². The molecule has 0 aliphatic rings. The van der Waals surface area contributed by atoms with E-state index in [-0.39, 0.29) is 0 Å². The monoisotopic (exact) mass is 388 g/mol. The molecule has 0 unspecified atom stereocenters. The fourth-order valence-corrected chi connectivity index (χ4v) is 2.69. The summed E-state index contributed by atoms with van der Waals surface area (Å²) in [4.78, 5) is 9.18. The predicted molar refractivity (Wildman–Crippen MR) is 108 cm³/mol. The molecule has 0 bridgehead atoms. The SMILES string of the molecule is COCCNc1cc(Nc2cccc(Cl)c2Cl)nc(-c2ccccc2)n1. The Morgan fingerprint density at radius 2 is 1.73 bits per heavy atom. The Hall–Kier alpha value is -2.34. The van der Waals surface area contributed by atoms with Crippen LogP contribution >= 0.6 is 23.2 Å². The molecule has 0 aliphatic heterocycles. The van der Waals surface area contributed by atoms with Crippen LogP contribution in [-0.2, 0) is 4.74 Å². The summed E-state index contributed by atoms with van der Waals surface area (Å²) in [5.74, 6) is 1.91. The number of benzene rings is 2. The van der Waals surface area contributed by atoms with Crippen LogP contribution in [0.3, 0.4) is 0 Å². The third-order valence-electron chi connectivity index (χ3n) is 3.58. The highest BCUT2D eigenvalue weighted by molar-refractivity contribution is 6.43. The largest absolute Gasteiger partial charge is 0.383 e. The highest BCUT2D eigenvalue weighted by Gasteiger charge is 2.10. The average Bonchev–Trinajstić information content (AvgIpc) is 2.66. The van der Waals surface area contributed by atoms with E-state index in [4.69, 9.17) is 27.9 Å². The second kappa shape index (κ2) is 8.85. The van der Waals surface area contributed by atoms with Gasteiger partial charge in [-0.3, -0.25) is 0 Å². The Morgan fingerprint density at radius 3 is 2.50 bits per heavy atom. The second-order valence-electron chi connectivity index (χ2n) is 5.47. The number of nitrogens with zero attached hydrogens (tertiary/aromatic N) is 2. The Bertz CT molecular complexity index is 875. The van der Waals surface area contributed by atoms with Gasteiger partial charge in [-0.2, -0.15) is 0 Å². The Morgan fingerprint density at radius 1 is 0.962 bits per heavy atom. The minimum absolute atomic E-state index is 0.447. The molecule has 0 aliphatic carbocycles. The van der Waals surface area contributed by atoms with E-state index in [1.807, 2.05) is 48.5 Å². The maximum atomic E-state index is 6.27. The first-order chi connectivity index (χ1) is 12.7. The van der Waals surface area contributed by atoms with Crippen molar-refractivity contribution >= 4 is 40.5 Å². The number of nitrogens with one attached hydrogen (secondary N) is 2. The first-order valence-corrected chi connectivity index (χ1v) is 8.81. The molecule has 2 aromatic carbocycles. The van der Waals surface area contributed by atoms with Crippen LogP contribution < -0.4 is 10.6 Å². The van der Waals surface area contributed by atoms with Crippen molar-refractivity contribution in [3.63, 3.8) is 0 Å². The topological polar surface area (TPSA) is 59.1 Å². The van der Waals surface area contributed by atoms with Gasteiger partial charge in [-0.15, -0.1) is 0 Å². The standard InChI is InChI=1S/C19H18Cl2N4O/c1-26-11-10-22-16-12-17(23-15-9-5-8-14(20)18(15)21)25-19(24-16)13-6-3-2-4-7-13/h2-9,12H,10-11H2,1H3,(H2,22,23,24,25). The molecule has 26 heavy (non-hydrogen) atoms. The van der Waals surface area contributed by atoms with Crippen molar-refractivity contribution in [2.45, 2.75) is 0 Å². The minimum Gasteiger partial charge on any atom is -0.383 e. The Kier molecular flexibility index (Phi) is 6.28. The first-order valence-electron chi connectivity index (χ1n) is 8.05. The summed E-state index contributed by atoms with van der Waals surface area (Å²) in [5.41, 5.74) is 1.60. The Balaban J connectivity index is 1.95. The summed E-state index contributed by atoms with van der Waals surface area (Å²) in [6.07, 6.45) is 0. The van der Waals surface area contributed by atoms with Gasteiger partial charge in [0.2, 0.25) is 0 Å². The lowest BCUT2D eigenvalue weighted by molar-refractivity contribution is 0.210. The van der Waals surface area contributed by atoms with E-state index in [9.17, 15) is 0 Å². The second-order valence-corrected chi connectivity index (χ2v) is 6.26. The van der Waals surface area contributed by atoms with Crippen LogP contribution in [0.15, 0.2) is 54.6 Å². The van der Waals surface area contributed by atoms with Crippen LogP contribution in [0.5, 0.6) is 0 Å². The normalized spacial score (nSPS) is 10.6. The van der Waals surface area contributed by atoms with Crippen LogP contribution in [-0.4, -0.2) is 30.2 Å². The molecule has 1 aromatic heterocycles. The zero-order valence-corrected chi connectivity index (χ0v) is 15.7. The van der Waals surface area contributed by atoms with Gasteiger partial charge in [0.1, 0.15) is 11.6 Å². The fourth-order valence-electron chi connectivity index (χ4n) is 2.34. The number of ether oxygens (including phenoxy) is 1. The lowest BCUT2D eigenvalue weighted by atomic mass is 10.2. The van der Waals surface area contributed by atoms with Crippen LogP contribution in [0.1, 0.15) is 0 Å². The molecule has 5 nitrogen and oxygen atoms in total. The van der Waals surface area contributed by atoms with Gasteiger partial charge in [-0.25, -0.2) is 9.97 Å². The third-order valence-corrected chi connectivity index (χ3v) is 4.40. The lowest BCUT2D eigenvalue weighted by Crippen LogP contribution is -2.10. The van der Waals surface area contributed by atoms with Gasteiger partial charge in [-0.05, 0) is 12.1 Å². The van der Waals surface area contributed by atoms with E-state index in [0.29, 0.717) is 46.3 Å². The van der Waals surface area contributed by atoms with E-state index >= 15 is 0 Å². The molecule has 3 aromatic rings. The number of methoxy groups -OCH3 is 1. The van der Waals surface area contributed by atoms with Crippen LogP contribution in [0.4, 0.5) is 17.3 Å². The zero-order valence-electron chi connectivity index (χ0n) is 14.2. The van der Waals surface area contributed by atoms with Crippen molar-refractivity contribution in [2.24, 2.45) is 0 Å². The molecular weight excluding hydrogens is 371 g/mol. The maximum absolute atomic E-state index is 6.27. The fraction of sp³-hybridized carbons (Fsp3) is 0.158. The van der Waals surface area contributed by atoms with E-state index in [1.54, 1.807) is 13.2 Å². The van der Waals surface area contributed by atoms with Gasteiger partial charge in [-0.1, -0.05) is 59.6 Å². The number of halogens is 2. The van der Waals surface area contributed by atoms with Crippen molar-refractivity contribution in [3.05, 3.63) is 64.6 Å². The molecular formula is C19H18Cl2N4O. The molecule has 1 heterocycles. The molecule has 2 N–H and O–H groups in total. The van der Waals surface area contributed by atoms with Crippen LogP contribution in [0, 0.1) is 0 Å². The zero-order chi connectivity index (χ0) is 18.4. The molecule has 0 fully saturated rings. The number of aromatic nitrogens is 2. The van der Waals surface area contributed by atoms with Gasteiger partial charge in [0.25, 0.3) is 0 Å². The van der Waals surface area contributed by atoms with Gasteiger partial charge in [0.15, 0.2) is 5.82 Å². The van der Waals surface area contributed by atoms with Crippen molar-refractivity contribution in [1.29, 1.82) is 0 Å². The number of hydrogen-bond acceptors (Lipinski definition) is 5. The number of anilines is 3. The van der Waals surface area contributed by atoms with E-state index in [0.717, 1.165) is 5.56 Å². The summed E-state index contributed by atoms with van der Waals surface area (Å²) in [6, 6.07) is 17.0. The van der Waals surface area contributed by atoms with E-state index < -0.39 is 0 Å². The minimum atomic E-state index is 0.447.